The summed E-state index contributed by atoms with van der Waals surface area (Å²) in [7, 11) is -3.81. The third-order valence-electron chi connectivity index (χ3n) is 8.15. The highest BCUT2D eigenvalue weighted by atomic mass is 31.2. The van der Waals surface area contributed by atoms with Gasteiger partial charge in [0.25, 0.3) is 0 Å². The fourth-order valence-corrected chi connectivity index (χ4v) is 6.40. The van der Waals surface area contributed by atoms with E-state index in [0.717, 1.165) is 25.7 Å². The van der Waals surface area contributed by atoms with Gasteiger partial charge in [-0.25, -0.2) is 0 Å². The van der Waals surface area contributed by atoms with Crippen LogP contribution in [0.5, 0.6) is 0 Å². The molecule has 2 rings (SSSR count). The standard InChI is InChI=1S/C22H31O3P.C16H35O3P/c23-26(24)25-19-13-5-3-1-2-4-12-18-22(20-14-8-6-9-15-20)21-16-10-7-11-17-21;1-3-5-7-9-11-13-15-18-20(17)19-16-14-12-10-8-6-4-2/h6-11,14-17,22-24H,1-5,12-13,18-19H2;17H,3-16H2,1-2H3. The van der Waals surface area contributed by atoms with Crippen molar-refractivity contribution in [2.45, 2.75) is 148 Å². The topological polar surface area (TPSA) is 88.4 Å². The van der Waals surface area contributed by atoms with Gasteiger partial charge in [0.1, 0.15) is 0 Å². The molecule has 0 heterocycles. The van der Waals surface area contributed by atoms with E-state index in [9.17, 15) is 4.89 Å². The molecule has 46 heavy (non-hydrogen) atoms. The van der Waals surface area contributed by atoms with Gasteiger partial charge in [-0.05, 0) is 36.8 Å². The van der Waals surface area contributed by atoms with Crippen LogP contribution in [0.3, 0.4) is 0 Å². The summed E-state index contributed by atoms with van der Waals surface area (Å²) in [6.07, 6.45) is 24.3. The van der Waals surface area contributed by atoms with Crippen molar-refractivity contribution in [2.24, 2.45) is 0 Å². The highest BCUT2D eigenvalue weighted by Gasteiger charge is 2.13. The molecule has 3 N–H and O–H groups in total. The quantitative estimate of drug-likeness (QED) is 0.0585. The van der Waals surface area contributed by atoms with Crippen molar-refractivity contribution in [3.8, 4) is 0 Å². The van der Waals surface area contributed by atoms with Crippen LogP contribution in [0.4, 0.5) is 0 Å². The molecule has 0 radical (unpaired) electrons. The second-order valence-electron chi connectivity index (χ2n) is 12.2. The first-order valence-electron chi connectivity index (χ1n) is 18.2. The zero-order valence-corrected chi connectivity index (χ0v) is 30.9. The number of unbranched alkanes of at least 4 members (excludes halogenated alkanes) is 16. The molecule has 0 atom stereocenters. The zero-order valence-electron chi connectivity index (χ0n) is 29.1. The van der Waals surface area contributed by atoms with Crippen molar-refractivity contribution in [3.63, 3.8) is 0 Å². The molecule has 0 unspecified atom stereocenters. The van der Waals surface area contributed by atoms with Crippen molar-refractivity contribution in [1.29, 1.82) is 0 Å². The first-order valence-corrected chi connectivity index (χ1v) is 20.5. The average molecular weight is 681 g/mol. The third kappa shape index (κ3) is 26.1. The fraction of sp³-hybridized carbons (Fsp3) is 0.684. The summed E-state index contributed by atoms with van der Waals surface area (Å²) in [5, 5.41) is 0. The van der Waals surface area contributed by atoms with Gasteiger partial charge in [-0.1, -0.05) is 177 Å². The minimum absolute atomic E-state index is 0.453. The van der Waals surface area contributed by atoms with E-state index < -0.39 is 17.2 Å². The van der Waals surface area contributed by atoms with Gasteiger partial charge in [0, 0.05) is 5.92 Å². The average Bonchev–Trinajstić information content (AvgIpc) is 3.07. The molecule has 0 aliphatic heterocycles. The summed E-state index contributed by atoms with van der Waals surface area (Å²) in [5.74, 6) is 0.487. The lowest BCUT2D eigenvalue weighted by atomic mass is 9.87. The van der Waals surface area contributed by atoms with Crippen LogP contribution in [0.1, 0.15) is 159 Å². The summed E-state index contributed by atoms with van der Waals surface area (Å²) in [6, 6.07) is 21.6. The highest BCUT2D eigenvalue weighted by Crippen LogP contribution is 2.33. The first kappa shape index (κ1) is 43.1. The minimum Gasteiger partial charge on any atom is -0.328 e. The Morgan fingerprint density at radius 3 is 1.20 bits per heavy atom. The summed E-state index contributed by atoms with van der Waals surface area (Å²) in [6.45, 7) is 6.16. The van der Waals surface area contributed by atoms with Crippen molar-refractivity contribution in [3.05, 3.63) is 71.8 Å². The SMILES string of the molecule is CCCCCCCCOP(O)OCCCCCCCC.OP(O)OCCCCCCCCCC(c1ccccc1)c1ccccc1. The second-order valence-corrected chi connectivity index (χ2v) is 13.9. The lowest BCUT2D eigenvalue weighted by Crippen LogP contribution is -2.01. The Morgan fingerprint density at radius 1 is 0.457 bits per heavy atom. The highest BCUT2D eigenvalue weighted by molar-refractivity contribution is 7.40. The summed E-state index contributed by atoms with van der Waals surface area (Å²) in [5.41, 5.74) is 2.82. The fourth-order valence-electron chi connectivity index (χ4n) is 5.46. The maximum atomic E-state index is 9.55. The molecule has 0 amide bonds. The van der Waals surface area contributed by atoms with Gasteiger partial charge in [0.05, 0.1) is 19.8 Å². The van der Waals surface area contributed by atoms with E-state index in [1.165, 1.54) is 114 Å². The summed E-state index contributed by atoms with van der Waals surface area (Å²) in [4.78, 5) is 26.9. The molecule has 0 spiro atoms. The van der Waals surface area contributed by atoms with Crippen LogP contribution < -0.4 is 0 Å². The Kier molecular flexibility index (Phi) is 30.5. The molecule has 264 valence electrons. The van der Waals surface area contributed by atoms with Crippen molar-refractivity contribution >= 4 is 17.2 Å². The van der Waals surface area contributed by atoms with Gasteiger partial charge in [-0.3, -0.25) is 0 Å². The molecule has 0 fully saturated rings. The number of benzene rings is 2. The molecule has 0 bridgehead atoms. The normalized spacial score (nSPS) is 11.4. The lowest BCUT2D eigenvalue weighted by Gasteiger charge is -2.18. The van der Waals surface area contributed by atoms with Crippen LogP contribution in [-0.2, 0) is 13.6 Å². The van der Waals surface area contributed by atoms with Crippen LogP contribution >= 0.6 is 17.2 Å². The van der Waals surface area contributed by atoms with Crippen LogP contribution in [-0.4, -0.2) is 34.5 Å². The van der Waals surface area contributed by atoms with Gasteiger partial charge in [0.15, 0.2) is 0 Å². The number of hydrogen-bond acceptors (Lipinski definition) is 6. The van der Waals surface area contributed by atoms with E-state index in [4.69, 9.17) is 23.4 Å². The maximum Gasteiger partial charge on any atom is 0.329 e. The van der Waals surface area contributed by atoms with Crippen molar-refractivity contribution in [2.75, 3.05) is 19.8 Å². The first-order chi connectivity index (χ1) is 22.6. The summed E-state index contributed by atoms with van der Waals surface area (Å²) < 4.78 is 15.4. The Hall–Kier alpha value is -0.940. The van der Waals surface area contributed by atoms with E-state index in [1.807, 2.05) is 0 Å². The molecule has 0 saturated carbocycles. The molecule has 6 nitrogen and oxygen atoms in total. The van der Waals surface area contributed by atoms with E-state index in [1.54, 1.807) is 0 Å². The van der Waals surface area contributed by atoms with Gasteiger partial charge in [-0.2, -0.15) is 0 Å². The predicted octanol–water partition coefficient (Wildman–Crippen LogP) is 12.1. The number of rotatable bonds is 29. The molecule has 0 aromatic heterocycles. The Balaban J connectivity index is 0.000000479. The van der Waals surface area contributed by atoms with E-state index >= 15 is 0 Å². The molecule has 0 aliphatic carbocycles. The van der Waals surface area contributed by atoms with Crippen LogP contribution in [0.25, 0.3) is 0 Å². The smallest absolute Gasteiger partial charge is 0.328 e. The molecule has 2 aromatic rings. The molecule has 0 saturated heterocycles. The monoisotopic (exact) mass is 680 g/mol. The molecule has 0 aliphatic rings. The lowest BCUT2D eigenvalue weighted by molar-refractivity contribution is 0.193. The van der Waals surface area contributed by atoms with Crippen LogP contribution in [0.2, 0.25) is 0 Å². The van der Waals surface area contributed by atoms with Gasteiger partial charge >= 0.3 is 17.2 Å². The van der Waals surface area contributed by atoms with Crippen molar-refractivity contribution < 1.29 is 28.3 Å². The van der Waals surface area contributed by atoms with E-state index in [-0.39, 0.29) is 0 Å². The zero-order chi connectivity index (χ0) is 33.3. The maximum absolute atomic E-state index is 9.55. The van der Waals surface area contributed by atoms with E-state index in [0.29, 0.717) is 25.7 Å². The van der Waals surface area contributed by atoms with Crippen LogP contribution in [0.15, 0.2) is 60.7 Å². The minimum atomic E-state index is -2.18. The Morgan fingerprint density at radius 2 is 0.804 bits per heavy atom. The van der Waals surface area contributed by atoms with E-state index in [2.05, 4.69) is 74.5 Å². The van der Waals surface area contributed by atoms with Gasteiger partial charge in [0.2, 0.25) is 0 Å². The van der Waals surface area contributed by atoms with Crippen LogP contribution in [0, 0.1) is 0 Å². The van der Waals surface area contributed by atoms with Gasteiger partial charge < -0.3 is 28.3 Å². The van der Waals surface area contributed by atoms with Gasteiger partial charge in [-0.15, -0.1) is 0 Å². The molecular formula is C38H66O6P2. The second kappa shape index (κ2) is 32.6. The largest absolute Gasteiger partial charge is 0.329 e. The molecule has 2 aromatic carbocycles. The Labute approximate surface area is 284 Å². The number of hydrogen-bond donors (Lipinski definition) is 3. The predicted molar refractivity (Wildman–Crippen MR) is 197 cm³/mol. The molecular weight excluding hydrogens is 614 g/mol. The third-order valence-corrected chi connectivity index (χ3v) is 9.37. The molecule has 8 heteroatoms. The van der Waals surface area contributed by atoms with Crippen molar-refractivity contribution in [1.82, 2.24) is 0 Å². The Bertz CT molecular complexity index is 817. The summed E-state index contributed by atoms with van der Waals surface area (Å²) >= 11 is 0.